The summed E-state index contributed by atoms with van der Waals surface area (Å²) in [5.74, 6) is -2.33. The van der Waals surface area contributed by atoms with E-state index < -0.39 is 23.9 Å². The first kappa shape index (κ1) is 18.6. The molecule has 1 atom stereocenters. The van der Waals surface area contributed by atoms with Gasteiger partial charge < -0.3 is 21.3 Å². The van der Waals surface area contributed by atoms with Gasteiger partial charge in [0.15, 0.2) is 0 Å². The van der Waals surface area contributed by atoms with Gasteiger partial charge in [0, 0.05) is 13.5 Å². The Bertz CT molecular complexity index is 458. The predicted octanol–water partition coefficient (Wildman–Crippen LogP) is 0.238. The average Bonchev–Trinajstić information content (AvgIpc) is 2.38. The molecule has 0 unspecified atom stereocenters. The van der Waals surface area contributed by atoms with Crippen LogP contribution in [0.15, 0.2) is 30.3 Å². The van der Waals surface area contributed by atoms with Crippen LogP contribution in [0.2, 0.25) is 0 Å². The average molecular weight is 296 g/mol. The van der Waals surface area contributed by atoms with E-state index in [1.165, 1.54) is 0 Å². The molecule has 7 heteroatoms. The van der Waals surface area contributed by atoms with Crippen molar-refractivity contribution < 1.29 is 24.6 Å². The molecule has 0 aliphatic rings. The largest absolute Gasteiger partial charge is 0.481 e. The van der Waals surface area contributed by atoms with E-state index in [1.807, 2.05) is 30.3 Å². The van der Waals surface area contributed by atoms with Gasteiger partial charge in [-0.25, -0.2) is 0 Å². The summed E-state index contributed by atoms with van der Waals surface area (Å²) in [6, 6.07) is 8.71. The number of carboxylic acids is 2. The molecule has 21 heavy (non-hydrogen) atoms. The molecule has 1 aromatic carbocycles. The predicted molar refractivity (Wildman–Crippen MR) is 76.7 cm³/mol. The first-order chi connectivity index (χ1) is 9.82. The molecule has 1 rings (SSSR count). The minimum Gasteiger partial charge on any atom is -0.481 e. The Morgan fingerprint density at radius 2 is 1.71 bits per heavy atom. The molecule has 0 radical (unpaired) electrons. The van der Waals surface area contributed by atoms with Crippen molar-refractivity contribution in [1.82, 2.24) is 5.32 Å². The van der Waals surface area contributed by atoms with Gasteiger partial charge in [0.1, 0.15) is 0 Å². The molecule has 0 saturated heterocycles. The van der Waals surface area contributed by atoms with E-state index in [0.29, 0.717) is 13.0 Å². The van der Waals surface area contributed by atoms with Crippen molar-refractivity contribution in [3.05, 3.63) is 35.9 Å². The minimum absolute atomic E-state index is 0.350. The molecule has 5 N–H and O–H groups in total. The lowest BCUT2D eigenvalue weighted by molar-refractivity contribution is -0.139. The van der Waals surface area contributed by atoms with Gasteiger partial charge in [0.05, 0.1) is 12.5 Å². The van der Waals surface area contributed by atoms with Crippen LogP contribution in [0.4, 0.5) is 0 Å². The molecule has 0 bridgehead atoms. The maximum atomic E-state index is 11.4. The highest BCUT2D eigenvalue weighted by molar-refractivity contribution is 5.85. The van der Waals surface area contributed by atoms with Gasteiger partial charge in [0.25, 0.3) is 5.97 Å². The number of carboxylic acid groups (broad SMARTS) is 2. The number of rotatable bonds is 6. The summed E-state index contributed by atoms with van der Waals surface area (Å²) in [4.78, 5) is 30.7. The van der Waals surface area contributed by atoms with Gasteiger partial charge in [-0.3, -0.25) is 14.4 Å². The van der Waals surface area contributed by atoms with Crippen LogP contribution >= 0.6 is 0 Å². The van der Waals surface area contributed by atoms with Crippen LogP contribution in [0.25, 0.3) is 0 Å². The van der Waals surface area contributed by atoms with Gasteiger partial charge in [-0.2, -0.15) is 0 Å². The number of nitrogens with one attached hydrogen (secondary N) is 1. The van der Waals surface area contributed by atoms with E-state index in [9.17, 15) is 9.59 Å². The van der Waals surface area contributed by atoms with Crippen molar-refractivity contribution in [3.63, 3.8) is 0 Å². The van der Waals surface area contributed by atoms with E-state index in [4.69, 9.17) is 20.7 Å². The summed E-state index contributed by atoms with van der Waals surface area (Å²) < 4.78 is 0. The van der Waals surface area contributed by atoms with Crippen molar-refractivity contribution >= 4 is 17.8 Å². The SMILES string of the molecule is CC(=O)O.N[C@@H](CC(=O)O)C(=O)NCCc1ccccc1. The number of benzene rings is 1. The van der Waals surface area contributed by atoms with E-state index in [2.05, 4.69) is 5.32 Å². The zero-order valence-electron chi connectivity index (χ0n) is 11.8. The quantitative estimate of drug-likeness (QED) is 0.595. The molecule has 0 fully saturated rings. The summed E-state index contributed by atoms with van der Waals surface area (Å²) >= 11 is 0. The Hall–Kier alpha value is -2.41. The molecule has 0 spiro atoms. The van der Waals surface area contributed by atoms with Crippen LogP contribution in [0.5, 0.6) is 0 Å². The standard InChI is InChI=1S/C12H16N2O3.C2H4O2/c13-10(8-11(15)16)12(17)14-7-6-9-4-2-1-3-5-9;1-2(3)4/h1-5,10H,6-8,13H2,(H,14,17)(H,15,16);1H3,(H,3,4)/t10-;/m0./s1. The normalized spacial score (nSPS) is 10.8. The molecule has 0 saturated carbocycles. The highest BCUT2D eigenvalue weighted by Crippen LogP contribution is 1.98. The number of hydrogen-bond acceptors (Lipinski definition) is 4. The molecule has 116 valence electrons. The summed E-state index contributed by atoms with van der Waals surface area (Å²) in [7, 11) is 0. The smallest absolute Gasteiger partial charge is 0.305 e. The van der Waals surface area contributed by atoms with Gasteiger partial charge in [-0.15, -0.1) is 0 Å². The Balaban J connectivity index is 0.000000885. The first-order valence-corrected chi connectivity index (χ1v) is 6.31. The molecule has 1 amide bonds. The van der Waals surface area contributed by atoms with Crippen LogP contribution in [0.3, 0.4) is 0 Å². The number of amides is 1. The lowest BCUT2D eigenvalue weighted by atomic mass is 10.1. The number of aliphatic carboxylic acids is 2. The van der Waals surface area contributed by atoms with Gasteiger partial charge >= 0.3 is 5.97 Å². The van der Waals surface area contributed by atoms with Crippen LogP contribution in [0.1, 0.15) is 18.9 Å². The number of carbonyl (C=O) groups is 3. The number of carbonyl (C=O) groups excluding carboxylic acids is 1. The molecule has 0 aromatic heterocycles. The zero-order chi connectivity index (χ0) is 16.3. The fraction of sp³-hybridized carbons (Fsp3) is 0.357. The van der Waals surface area contributed by atoms with E-state index in [-0.39, 0.29) is 6.42 Å². The highest BCUT2D eigenvalue weighted by atomic mass is 16.4. The number of nitrogens with two attached hydrogens (primary N) is 1. The van der Waals surface area contributed by atoms with Crippen LogP contribution in [-0.2, 0) is 20.8 Å². The minimum atomic E-state index is -1.07. The van der Waals surface area contributed by atoms with Gasteiger partial charge in [0.2, 0.25) is 5.91 Å². The summed E-state index contributed by atoms with van der Waals surface area (Å²) in [6.45, 7) is 1.54. The molecule has 0 heterocycles. The second-order valence-corrected chi connectivity index (χ2v) is 4.25. The van der Waals surface area contributed by atoms with E-state index in [1.54, 1.807) is 0 Å². The maximum absolute atomic E-state index is 11.4. The van der Waals surface area contributed by atoms with Gasteiger partial charge in [-0.1, -0.05) is 30.3 Å². The Morgan fingerprint density at radius 3 is 2.19 bits per heavy atom. The zero-order valence-corrected chi connectivity index (χ0v) is 11.8. The lowest BCUT2D eigenvalue weighted by Gasteiger charge is -2.09. The Morgan fingerprint density at radius 1 is 1.19 bits per heavy atom. The molecular formula is C14H20N2O5. The van der Waals surface area contributed by atoms with E-state index in [0.717, 1.165) is 12.5 Å². The van der Waals surface area contributed by atoms with E-state index >= 15 is 0 Å². The topological polar surface area (TPSA) is 130 Å². The fourth-order valence-corrected chi connectivity index (χ4v) is 1.39. The molecule has 0 aliphatic heterocycles. The Labute approximate surface area is 122 Å². The van der Waals surface area contributed by atoms with Gasteiger partial charge in [-0.05, 0) is 12.0 Å². The highest BCUT2D eigenvalue weighted by Gasteiger charge is 2.15. The third kappa shape index (κ3) is 11.1. The second kappa shape index (κ2) is 10.4. The first-order valence-electron chi connectivity index (χ1n) is 6.31. The van der Waals surface area contributed by atoms with Crippen molar-refractivity contribution in [2.75, 3.05) is 6.54 Å². The van der Waals surface area contributed by atoms with Crippen LogP contribution in [-0.4, -0.2) is 40.6 Å². The maximum Gasteiger partial charge on any atom is 0.305 e. The van der Waals surface area contributed by atoms with Crippen LogP contribution < -0.4 is 11.1 Å². The third-order valence-corrected chi connectivity index (χ3v) is 2.29. The van der Waals surface area contributed by atoms with Crippen LogP contribution in [0, 0.1) is 0 Å². The lowest BCUT2D eigenvalue weighted by Crippen LogP contribution is -2.42. The van der Waals surface area contributed by atoms with Crippen molar-refractivity contribution in [2.24, 2.45) is 5.73 Å². The molecule has 7 nitrogen and oxygen atoms in total. The summed E-state index contributed by atoms with van der Waals surface area (Å²) in [5, 5.41) is 18.5. The molecule has 1 aromatic rings. The van der Waals surface area contributed by atoms with Crippen molar-refractivity contribution in [1.29, 1.82) is 0 Å². The third-order valence-electron chi connectivity index (χ3n) is 2.29. The Kier molecular flexibility index (Phi) is 9.19. The summed E-state index contributed by atoms with van der Waals surface area (Å²) in [5.41, 5.74) is 6.52. The van der Waals surface area contributed by atoms with Crippen molar-refractivity contribution in [3.8, 4) is 0 Å². The monoisotopic (exact) mass is 296 g/mol. The number of hydrogen-bond donors (Lipinski definition) is 4. The fourth-order valence-electron chi connectivity index (χ4n) is 1.39. The molecule has 0 aliphatic carbocycles. The van der Waals surface area contributed by atoms with Crippen molar-refractivity contribution in [2.45, 2.75) is 25.8 Å². The second-order valence-electron chi connectivity index (χ2n) is 4.25. The summed E-state index contributed by atoms with van der Waals surface area (Å²) in [6.07, 6.45) is 0.351. The molecular weight excluding hydrogens is 276 g/mol.